The van der Waals surface area contributed by atoms with E-state index in [1.54, 1.807) is 36.4 Å². The standard InChI is InChI=1S/C25H22FN3O4S/c26-17-5-8-22-23(13-17)33-15-16-3-1-2-4-21(16)29(22)34(31,32)18-6-7-19-20(14-18)28-24(30)25(19)9-11-27-12-10-25/h1-8,13-14,27H,9-12,15H2,(H,28,30). The first-order chi connectivity index (χ1) is 16.4. The number of rotatable bonds is 2. The summed E-state index contributed by atoms with van der Waals surface area (Å²) < 4.78 is 49.0. The molecule has 1 spiro atoms. The Morgan fingerprint density at radius 2 is 1.76 bits per heavy atom. The van der Waals surface area contributed by atoms with Crippen LogP contribution in [0.15, 0.2) is 65.6 Å². The average Bonchev–Trinajstić information content (AvgIpc) is 2.99. The summed E-state index contributed by atoms with van der Waals surface area (Å²) in [6.07, 6.45) is 1.32. The third-order valence-corrected chi connectivity index (χ3v) is 8.64. The van der Waals surface area contributed by atoms with E-state index in [9.17, 15) is 17.6 Å². The van der Waals surface area contributed by atoms with E-state index in [1.165, 1.54) is 28.6 Å². The van der Waals surface area contributed by atoms with Gasteiger partial charge in [0.05, 0.1) is 21.7 Å². The van der Waals surface area contributed by atoms with Gasteiger partial charge in [-0.3, -0.25) is 4.79 Å². The zero-order valence-corrected chi connectivity index (χ0v) is 19.0. The molecule has 9 heteroatoms. The van der Waals surface area contributed by atoms with Gasteiger partial charge in [0.15, 0.2) is 0 Å². The number of anilines is 3. The second-order valence-electron chi connectivity index (χ2n) is 8.79. The van der Waals surface area contributed by atoms with Gasteiger partial charge in [-0.05, 0) is 61.8 Å². The van der Waals surface area contributed by atoms with Gasteiger partial charge >= 0.3 is 0 Å². The monoisotopic (exact) mass is 479 g/mol. The fraction of sp³-hybridized carbons (Fsp3) is 0.240. The van der Waals surface area contributed by atoms with E-state index in [1.807, 2.05) is 0 Å². The number of hydrogen-bond acceptors (Lipinski definition) is 5. The molecule has 3 heterocycles. The topological polar surface area (TPSA) is 87.7 Å². The van der Waals surface area contributed by atoms with Crippen LogP contribution in [0.25, 0.3) is 0 Å². The number of halogens is 1. The van der Waals surface area contributed by atoms with E-state index in [0.717, 1.165) is 18.7 Å². The quantitative estimate of drug-likeness (QED) is 0.584. The van der Waals surface area contributed by atoms with Crippen LogP contribution in [0.1, 0.15) is 24.0 Å². The molecule has 1 amide bonds. The highest BCUT2D eigenvalue weighted by atomic mass is 32.2. The van der Waals surface area contributed by atoms with Crippen LogP contribution in [0.5, 0.6) is 5.75 Å². The van der Waals surface area contributed by atoms with Gasteiger partial charge in [0, 0.05) is 17.3 Å². The maximum absolute atomic E-state index is 14.1. The molecule has 0 aliphatic carbocycles. The number of ether oxygens (including phenoxy) is 1. The van der Waals surface area contributed by atoms with Crippen molar-refractivity contribution in [1.29, 1.82) is 0 Å². The molecule has 3 aromatic carbocycles. The van der Waals surface area contributed by atoms with E-state index in [-0.39, 0.29) is 28.8 Å². The molecule has 1 saturated heterocycles. The van der Waals surface area contributed by atoms with E-state index >= 15 is 0 Å². The number of amides is 1. The SMILES string of the molecule is O=C1Nc2cc(S(=O)(=O)N3c4ccccc4COc4cc(F)ccc43)ccc2C12CCNCC2. The van der Waals surface area contributed by atoms with E-state index in [4.69, 9.17) is 4.74 Å². The highest BCUT2D eigenvalue weighted by Gasteiger charge is 2.47. The lowest BCUT2D eigenvalue weighted by Gasteiger charge is -2.32. The summed E-state index contributed by atoms with van der Waals surface area (Å²) in [5.41, 5.74) is 2.05. The van der Waals surface area contributed by atoms with Crippen LogP contribution in [0.3, 0.4) is 0 Å². The number of benzene rings is 3. The number of nitrogens with zero attached hydrogens (tertiary/aromatic N) is 1. The van der Waals surface area contributed by atoms with Gasteiger partial charge < -0.3 is 15.4 Å². The first kappa shape index (κ1) is 21.1. The van der Waals surface area contributed by atoms with Crippen LogP contribution in [0, 0.1) is 5.82 Å². The fourth-order valence-corrected chi connectivity index (χ4v) is 6.74. The molecule has 0 radical (unpaired) electrons. The zero-order valence-electron chi connectivity index (χ0n) is 18.2. The second-order valence-corrected chi connectivity index (χ2v) is 10.6. The molecule has 3 aliphatic heterocycles. The number of carbonyl (C=O) groups excluding carboxylic acids is 1. The molecule has 1 fully saturated rings. The predicted octanol–water partition coefficient (Wildman–Crippen LogP) is 3.82. The highest BCUT2D eigenvalue weighted by molar-refractivity contribution is 7.93. The number of carbonyl (C=O) groups is 1. The Balaban J connectivity index is 1.50. The van der Waals surface area contributed by atoms with Crippen molar-refractivity contribution in [3.05, 3.63) is 77.6 Å². The Morgan fingerprint density at radius 1 is 0.971 bits per heavy atom. The molecule has 0 bridgehead atoms. The smallest absolute Gasteiger partial charge is 0.268 e. The third kappa shape index (κ3) is 3.04. The van der Waals surface area contributed by atoms with Crippen LogP contribution in [-0.2, 0) is 26.8 Å². The van der Waals surface area contributed by atoms with E-state index < -0.39 is 21.3 Å². The van der Waals surface area contributed by atoms with Crippen molar-refractivity contribution >= 4 is 33.0 Å². The number of piperidine rings is 1. The molecule has 0 saturated carbocycles. The Bertz CT molecular complexity index is 1430. The van der Waals surface area contributed by atoms with Gasteiger partial charge in [-0.25, -0.2) is 17.1 Å². The zero-order chi connectivity index (χ0) is 23.5. The second kappa shape index (κ2) is 7.54. The number of sulfonamides is 1. The summed E-state index contributed by atoms with van der Waals surface area (Å²) >= 11 is 0. The van der Waals surface area contributed by atoms with Gasteiger partial charge in [0.25, 0.3) is 10.0 Å². The van der Waals surface area contributed by atoms with Gasteiger partial charge in [0.1, 0.15) is 18.2 Å². The van der Waals surface area contributed by atoms with E-state index in [0.29, 0.717) is 29.8 Å². The van der Waals surface area contributed by atoms with Crippen molar-refractivity contribution in [1.82, 2.24) is 5.32 Å². The first-order valence-electron chi connectivity index (χ1n) is 11.1. The third-order valence-electron chi connectivity index (χ3n) is 6.92. The summed E-state index contributed by atoms with van der Waals surface area (Å²) in [5, 5.41) is 6.18. The summed E-state index contributed by atoms with van der Waals surface area (Å²) in [5.74, 6) is -0.467. The largest absolute Gasteiger partial charge is 0.486 e. The Labute approximate surface area is 196 Å². The van der Waals surface area contributed by atoms with Crippen LogP contribution in [-0.4, -0.2) is 27.4 Å². The molecule has 34 heavy (non-hydrogen) atoms. The minimum Gasteiger partial charge on any atom is -0.486 e. The minimum absolute atomic E-state index is 0.0320. The van der Waals surface area contributed by atoms with Gasteiger partial charge in [-0.15, -0.1) is 0 Å². The summed E-state index contributed by atoms with van der Waals surface area (Å²) in [4.78, 5) is 13.0. The molecule has 2 N–H and O–H groups in total. The van der Waals surface area contributed by atoms with Gasteiger partial charge in [-0.1, -0.05) is 24.3 Å². The lowest BCUT2D eigenvalue weighted by molar-refractivity contribution is -0.121. The van der Waals surface area contributed by atoms with Crippen molar-refractivity contribution in [2.75, 3.05) is 22.7 Å². The predicted molar refractivity (Wildman–Crippen MR) is 125 cm³/mol. The lowest BCUT2D eigenvalue weighted by Crippen LogP contribution is -2.44. The average molecular weight is 480 g/mol. The molecule has 0 unspecified atom stereocenters. The van der Waals surface area contributed by atoms with Gasteiger partial charge in [0.2, 0.25) is 5.91 Å². The normalized spacial score (nSPS) is 18.4. The van der Waals surface area contributed by atoms with Crippen molar-refractivity contribution in [3.63, 3.8) is 0 Å². The molecule has 0 aromatic heterocycles. The summed E-state index contributed by atoms with van der Waals surface area (Å²) in [7, 11) is -4.14. The number of nitrogens with one attached hydrogen (secondary N) is 2. The number of hydrogen-bond donors (Lipinski definition) is 2. The molecule has 3 aliphatic rings. The van der Waals surface area contributed by atoms with Crippen LogP contribution in [0.2, 0.25) is 0 Å². The Hall–Kier alpha value is -3.43. The maximum Gasteiger partial charge on any atom is 0.268 e. The summed E-state index contributed by atoms with van der Waals surface area (Å²) in [6, 6.07) is 15.7. The van der Waals surface area contributed by atoms with Crippen molar-refractivity contribution < 1.29 is 22.3 Å². The number of fused-ring (bicyclic) bond motifs is 4. The molecular formula is C25H22FN3O4S. The highest BCUT2D eigenvalue weighted by Crippen LogP contribution is 2.47. The van der Waals surface area contributed by atoms with Crippen molar-refractivity contribution in [3.8, 4) is 5.75 Å². The summed E-state index contributed by atoms with van der Waals surface area (Å²) in [6.45, 7) is 1.56. The molecule has 174 valence electrons. The Kier molecular flexibility index (Phi) is 4.69. The first-order valence-corrected chi connectivity index (χ1v) is 12.6. The molecule has 0 atom stereocenters. The molecule has 6 rings (SSSR count). The number of para-hydroxylation sites is 1. The molecule has 7 nitrogen and oxygen atoms in total. The fourth-order valence-electron chi connectivity index (χ4n) is 5.17. The minimum atomic E-state index is -4.14. The Morgan fingerprint density at radius 3 is 2.59 bits per heavy atom. The van der Waals surface area contributed by atoms with Crippen molar-refractivity contribution in [2.45, 2.75) is 29.8 Å². The molecule has 3 aromatic rings. The van der Waals surface area contributed by atoms with Crippen LogP contribution in [0.4, 0.5) is 21.5 Å². The molecular weight excluding hydrogens is 457 g/mol. The lowest BCUT2D eigenvalue weighted by atomic mass is 9.74. The van der Waals surface area contributed by atoms with Crippen LogP contribution < -0.4 is 19.7 Å². The van der Waals surface area contributed by atoms with Crippen LogP contribution >= 0.6 is 0 Å². The van der Waals surface area contributed by atoms with Gasteiger partial charge in [-0.2, -0.15) is 0 Å². The van der Waals surface area contributed by atoms with Crippen molar-refractivity contribution in [2.24, 2.45) is 0 Å². The maximum atomic E-state index is 14.1. The van der Waals surface area contributed by atoms with E-state index in [2.05, 4.69) is 10.6 Å².